The molecule has 0 aliphatic carbocycles. The first-order valence-electron chi connectivity index (χ1n) is 8.73. The summed E-state index contributed by atoms with van der Waals surface area (Å²) in [4.78, 5) is 12.6. The van der Waals surface area contributed by atoms with Gasteiger partial charge in [0, 0.05) is 5.56 Å². The molecule has 2 rings (SSSR count). The highest BCUT2D eigenvalue weighted by molar-refractivity contribution is 5.95. The largest absolute Gasteiger partial charge is 0.490 e. The Morgan fingerprint density at radius 2 is 1.68 bits per heavy atom. The molecule has 0 saturated carbocycles. The van der Waals surface area contributed by atoms with Crippen LogP contribution in [0.25, 0.3) is 0 Å². The molecule has 0 saturated heterocycles. The lowest BCUT2D eigenvalue weighted by Gasteiger charge is -2.18. The summed E-state index contributed by atoms with van der Waals surface area (Å²) in [6.45, 7) is 11.0. The van der Waals surface area contributed by atoms with Gasteiger partial charge in [0.15, 0.2) is 11.5 Å². The van der Waals surface area contributed by atoms with Gasteiger partial charge < -0.3 is 14.8 Å². The first-order valence-corrected chi connectivity index (χ1v) is 8.73. The van der Waals surface area contributed by atoms with E-state index in [0.29, 0.717) is 24.5 Å². The van der Waals surface area contributed by atoms with Crippen LogP contribution in [0.1, 0.15) is 53.9 Å². The fourth-order valence-electron chi connectivity index (χ4n) is 2.76. The Labute approximate surface area is 150 Å². The van der Waals surface area contributed by atoms with Crippen molar-refractivity contribution in [2.75, 3.05) is 13.2 Å². The third-order valence-corrected chi connectivity index (χ3v) is 4.04. The summed E-state index contributed by atoms with van der Waals surface area (Å²) in [5.74, 6) is 1.35. The number of carbonyl (C=O) groups excluding carboxylic acids is 1. The molecule has 0 fully saturated rings. The maximum atomic E-state index is 12.6. The van der Waals surface area contributed by atoms with Crippen molar-refractivity contribution in [1.82, 2.24) is 5.32 Å². The second-order valence-electron chi connectivity index (χ2n) is 6.09. The van der Waals surface area contributed by atoms with Gasteiger partial charge in [-0.25, -0.2) is 0 Å². The fraction of sp³-hybridized carbons (Fsp3) is 0.381. The van der Waals surface area contributed by atoms with Crippen LogP contribution in [0, 0.1) is 13.8 Å². The van der Waals surface area contributed by atoms with Gasteiger partial charge in [0.2, 0.25) is 0 Å². The van der Waals surface area contributed by atoms with Gasteiger partial charge in [0.1, 0.15) is 0 Å². The zero-order chi connectivity index (χ0) is 18.4. The molecule has 0 heterocycles. The Morgan fingerprint density at radius 3 is 2.32 bits per heavy atom. The topological polar surface area (TPSA) is 47.6 Å². The molecule has 4 nitrogen and oxygen atoms in total. The molecule has 0 unspecified atom stereocenters. The average molecular weight is 341 g/mol. The first kappa shape index (κ1) is 18.8. The van der Waals surface area contributed by atoms with E-state index in [4.69, 9.17) is 9.47 Å². The van der Waals surface area contributed by atoms with E-state index in [2.05, 4.69) is 5.32 Å². The van der Waals surface area contributed by atoms with Crippen molar-refractivity contribution in [3.05, 3.63) is 58.7 Å². The number of benzene rings is 2. The zero-order valence-electron chi connectivity index (χ0n) is 15.7. The van der Waals surface area contributed by atoms with E-state index < -0.39 is 0 Å². The van der Waals surface area contributed by atoms with Gasteiger partial charge in [-0.05, 0) is 63.9 Å². The molecule has 2 aromatic rings. The summed E-state index contributed by atoms with van der Waals surface area (Å²) in [5.41, 5.74) is 3.81. The smallest absolute Gasteiger partial charge is 0.252 e. The summed E-state index contributed by atoms with van der Waals surface area (Å²) >= 11 is 0. The van der Waals surface area contributed by atoms with E-state index in [1.54, 1.807) is 0 Å². The molecule has 1 N–H and O–H groups in total. The van der Waals surface area contributed by atoms with Crippen LogP contribution in [-0.4, -0.2) is 19.1 Å². The van der Waals surface area contributed by atoms with Gasteiger partial charge in [0.05, 0.1) is 19.3 Å². The van der Waals surface area contributed by atoms with E-state index in [-0.39, 0.29) is 11.9 Å². The van der Waals surface area contributed by atoms with Crippen molar-refractivity contribution in [3.8, 4) is 11.5 Å². The standard InChI is InChI=1S/C21H27NO3/c1-6-24-19-11-9-17(13-20(19)25-7-2)16(5)22-21(23)18-10-8-14(3)12-15(18)4/h8-13,16H,6-7H2,1-5H3,(H,22,23)/t16-/m1/s1. The second kappa shape index (κ2) is 8.56. The van der Waals surface area contributed by atoms with Gasteiger partial charge in [-0.15, -0.1) is 0 Å². The van der Waals surface area contributed by atoms with E-state index in [0.717, 1.165) is 22.4 Å². The summed E-state index contributed by atoms with van der Waals surface area (Å²) in [5, 5.41) is 3.06. The first-order chi connectivity index (χ1) is 12.0. The SMILES string of the molecule is CCOc1ccc([C@@H](C)NC(=O)c2ccc(C)cc2C)cc1OCC. The fourth-order valence-corrected chi connectivity index (χ4v) is 2.76. The van der Waals surface area contributed by atoms with Crippen LogP contribution < -0.4 is 14.8 Å². The number of hydrogen-bond donors (Lipinski definition) is 1. The molecule has 0 aliphatic heterocycles. The molecule has 2 aromatic carbocycles. The van der Waals surface area contributed by atoms with Crippen LogP contribution in [0.3, 0.4) is 0 Å². The van der Waals surface area contributed by atoms with Crippen molar-refractivity contribution < 1.29 is 14.3 Å². The zero-order valence-corrected chi connectivity index (χ0v) is 15.7. The van der Waals surface area contributed by atoms with Crippen LogP contribution in [0.2, 0.25) is 0 Å². The Morgan fingerprint density at radius 1 is 1.00 bits per heavy atom. The van der Waals surface area contributed by atoms with Gasteiger partial charge in [0.25, 0.3) is 5.91 Å². The third kappa shape index (κ3) is 4.75. The number of hydrogen-bond acceptors (Lipinski definition) is 3. The monoisotopic (exact) mass is 341 g/mol. The number of ether oxygens (including phenoxy) is 2. The van der Waals surface area contributed by atoms with Gasteiger partial charge >= 0.3 is 0 Å². The minimum absolute atomic E-state index is 0.0724. The van der Waals surface area contributed by atoms with Gasteiger partial charge in [-0.2, -0.15) is 0 Å². The minimum atomic E-state index is -0.136. The van der Waals surface area contributed by atoms with Crippen molar-refractivity contribution >= 4 is 5.91 Å². The van der Waals surface area contributed by atoms with Crippen LogP contribution in [0.5, 0.6) is 11.5 Å². The predicted molar refractivity (Wildman–Crippen MR) is 101 cm³/mol. The second-order valence-corrected chi connectivity index (χ2v) is 6.09. The number of rotatable bonds is 7. The van der Waals surface area contributed by atoms with E-state index >= 15 is 0 Å². The maximum Gasteiger partial charge on any atom is 0.252 e. The third-order valence-electron chi connectivity index (χ3n) is 4.04. The highest BCUT2D eigenvalue weighted by atomic mass is 16.5. The summed E-state index contributed by atoms with van der Waals surface area (Å²) in [6, 6.07) is 11.5. The maximum absolute atomic E-state index is 12.6. The molecule has 0 radical (unpaired) electrons. The van der Waals surface area contributed by atoms with Crippen molar-refractivity contribution in [2.45, 2.75) is 40.7 Å². The number of amides is 1. The van der Waals surface area contributed by atoms with E-state index in [1.165, 1.54) is 0 Å². The molecule has 0 aromatic heterocycles. The molecule has 1 atom stereocenters. The summed E-state index contributed by atoms with van der Waals surface area (Å²) in [7, 11) is 0. The Balaban J connectivity index is 2.18. The minimum Gasteiger partial charge on any atom is -0.490 e. The van der Waals surface area contributed by atoms with E-state index in [9.17, 15) is 4.79 Å². The van der Waals surface area contributed by atoms with Crippen LogP contribution in [-0.2, 0) is 0 Å². The Bertz CT molecular complexity index is 740. The van der Waals surface area contributed by atoms with Crippen LogP contribution >= 0.6 is 0 Å². The summed E-state index contributed by atoms with van der Waals surface area (Å²) in [6.07, 6.45) is 0. The molecule has 134 valence electrons. The molecular formula is C21H27NO3. The predicted octanol–water partition coefficient (Wildman–Crippen LogP) is 4.59. The molecule has 25 heavy (non-hydrogen) atoms. The number of nitrogens with one attached hydrogen (secondary N) is 1. The van der Waals surface area contributed by atoms with Gasteiger partial charge in [-0.3, -0.25) is 4.79 Å². The number of carbonyl (C=O) groups is 1. The molecule has 1 amide bonds. The Kier molecular flexibility index (Phi) is 6.45. The van der Waals surface area contributed by atoms with Crippen molar-refractivity contribution in [2.24, 2.45) is 0 Å². The molecule has 4 heteroatoms. The normalized spacial score (nSPS) is 11.7. The molecular weight excluding hydrogens is 314 g/mol. The lowest BCUT2D eigenvalue weighted by atomic mass is 10.0. The Hall–Kier alpha value is -2.49. The average Bonchev–Trinajstić information content (AvgIpc) is 2.56. The van der Waals surface area contributed by atoms with Crippen molar-refractivity contribution in [1.29, 1.82) is 0 Å². The van der Waals surface area contributed by atoms with Gasteiger partial charge in [-0.1, -0.05) is 23.8 Å². The molecule has 0 aliphatic rings. The lowest BCUT2D eigenvalue weighted by molar-refractivity contribution is 0.0939. The van der Waals surface area contributed by atoms with Crippen molar-refractivity contribution in [3.63, 3.8) is 0 Å². The quantitative estimate of drug-likeness (QED) is 0.801. The highest BCUT2D eigenvalue weighted by Crippen LogP contribution is 2.30. The van der Waals surface area contributed by atoms with Crippen LogP contribution in [0.15, 0.2) is 36.4 Å². The summed E-state index contributed by atoms with van der Waals surface area (Å²) < 4.78 is 11.3. The molecule has 0 spiro atoms. The molecule has 0 bridgehead atoms. The lowest BCUT2D eigenvalue weighted by Crippen LogP contribution is -2.27. The van der Waals surface area contributed by atoms with Crippen LogP contribution in [0.4, 0.5) is 0 Å². The van der Waals surface area contributed by atoms with E-state index in [1.807, 2.05) is 71.0 Å². The highest BCUT2D eigenvalue weighted by Gasteiger charge is 2.15. The number of aryl methyl sites for hydroxylation is 2.